The Kier molecular flexibility index (Phi) is 7.07. The number of methoxy groups -OCH3 is 1. The molecule has 1 aliphatic rings. The van der Waals surface area contributed by atoms with E-state index in [9.17, 15) is 4.79 Å². The van der Waals surface area contributed by atoms with Gasteiger partial charge in [-0.3, -0.25) is 4.79 Å². The fourth-order valence-electron chi connectivity index (χ4n) is 3.20. The first-order valence-electron chi connectivity index (χ1n) is 10.1. The van der Waals surface area contributed by atoms with Crippen LogP contribution in [0.25, 0.3) is 6.08 Å². The van der Waals surface area contributed by atoms with E-state index in [4.69, 9.17) is 9.47 Å². The highest BCUT2D eigenvalue weighted by molar-refractivity contribution is 9.10. The Hall–Kier alpha value is -2.90. The summed E-state index contributed by atoms with van der Waals surface area (Å²) in [6.07, 6.45) is 1.88. The molecule has 3 aromatic carbocycles. The van der Waals surface area contributed by atoms with E-state index < -0.39 is 0 Å². The van der Waals surface area contributed by atoms with E-state index in [2.05, 4.69) is 26.6 Å². The van der Waals surface area contributed by atoms with E-state index in [1.165, 1.54) is 11.8 Å². The van der Waals surface area contributed by atoms with Gasteiger partial charge in [0.1, 0.15) is 18.1 Å². The molecule has 1 amide bonds. The molecule has 0 bridgehead atoms. The fraction of sp³-hybridized carbons (Fsp3) is 0.160. The summed E-state index contributed by atoms with van der Waals surface area (Å²) in [6, 6.07) is 21.7. The molecule has 164 valence electrons. The van der Waals surface area contributed by atoms with Crippen molar-refractivity contribution in [1.82, 2.24) is 5.32 Å². The number of hydrogen-bond donors (Lipinski definition) is 2. The van der Waals surface area contributed by atoms with Gasteiger partial charge < -0.3 is 20.1 Å². The van der Waals surface area contributed by atoms with Crippen LogP contribution in [0.4, 0.5) is 5.69 Å². The van der Waals surface area contributed by atoms with Crippen molar-refractivity contribution in [3.63, 3.8) is 0 Å². The van der Waals surface area contributed by atoms with Crippen LogP contribution in [0.3, 0.4) is 0 Å². The molecule has 7 heteroatoms. The lowest BCUT2D eigenvalue weighted by molar-refractivity contribution is -0.116. The predicted molar refractivity (Wildman–Crippen MR) is 134 cm³/mol. The number of ether oxygens (including phenoxy) is 2. The highest BCUT2D eigenvalue weighted by Gasteiger charge is 2.27. The minimum Gasteiger partial charge on any atom is -0.495 e. The summed E-state index contributed by atoms with van der Waals surface area (Å²) in [5, 5.41) is 6.29. The number of amides is 1. The average molecular weight is 511 g/mol. The summed E-state index contributed by atoms with van der Waals surface area (Å²) in [7, 11) is 1.63. The van der Waals surface area contributed by atoms with E-state index in [0.29, 0.717) is 11.5 Å². The lowest BCUT2D eigenvalue weighted by Crippen LogP contribution is -2.31. The summed E-state index contributed by atoms with van der Waals surface area (Å²) < 4.78 is 12.3. The summed E-state index contributed by atoms with van der Waals surface area (Å²) >= 11 is 4.88. The third-order valence-corrected chi connectivity index (χ3v) is 6.43. The van der Waals surface area contributed by atoms with Crippen LogP contribution < -0.4 is 20.1 Å². The Labute approximate surface area is 200 Å². The Morgan fingerprint density at radius 2 is 1.84 bits per heavy atom. The SMILES string of the molecule is COc1ccc(C)cc1NC1NC(=O)/C(=C/c2ccc(OCc3ccc(Br)cc3)cc2)S1. The Morgan fingerprint density at radius 3 is 2.56 bits per heavy atom. The fourth-order valence-corrected chi connectivity index (χ4v) is 4.44. The van der Waals surface area contributed by atoms with Gasteiger partial charge in [0.25, 0.3) is 5.91 Å². The van der Waals surface area contributed by atoms with E-state index in [1.807, 2.05) is 79.7 Å². The lowest BCUT2D eigenvalue weighted by Gasteiger charge is -2.16. The highest BCUT2D eigenvalue weighted by atomic mass is 79.9. The van der Waals surface area contributed by atoms with Crippen molar-refractivity contribution in [2.45, 2.75) is 19.0 Å². The van der Waals surface area contributed by atoms with Crippen molar-refractivity contribution in [2.75, 3.05) is 12.4 Å². The molecule has 0 radical (unpaired) electrons. The molecule has 1 aliphatic heterocycles. The zero-order valence-electron chi connectivity index (χ0n) is 17.7. The van der Waals surface area contributed by atoms with E-state index in [0.717, 1.165) is 38.3 Å². The minimum absolute atomic E-state index is 0.102. The second-order valence-electron chi connectivity index (χ2n) is 7.31. The largest absolute Gasteiger partial charge is 0.495 e. The number of thioether (sulfide) groups is 1. The van der Waals surface area contributed by atoms with Crippen molar-refractivity contribution in [3.8, 4) is 11.5 Å². The molecule has 1 unspecified atom stereocenters. The number of aryl methyl sites for hydroxylation is 1. The van der Waals surface area contributed by atoms with Gasteiger partial charge in [-0.2, -0.15) is 0 Å². The Bertz CT molecular complexity index is 1130. The van der Waals surface area contributed by atoms with Crippen molar-refractivity contribution in [3.05, 3.63) is 92.8 Å². The summed E-state index contributed by atoms with van der Waals surface area (Å²) in [5.74, 6) is 1.42. The molecule has 4 rings (SSSR count). The van der Waals surface area contributed by atoms with Crippen LogP contribution in [0, 0.1) is 6.92 Å². The third kappa shape index (κ3) is 5.66. The van der Waals surface area contributed by atoms with Gasteiger partial charge in [-0.05, 0) is 66.1 Å². The Balaban J connectivity index is 1.38. The van der Waals surface area contributed by atoms with Crippen LogP contribution in [-0.4, -0.2) is 18.5 Å². The van der Waals surface area contributed by atoms with Crippen LogP contribution in [0.2, 0.25) is 0 Å². The van der Waals surface area contributed by atoms with Gasteiger partial charge in [-0.15, -0.1) is 0 Å². The number of carbonyl (C=O) groups excluding carboxylic acids is 1. The molecular weight excluding hydrogens is 488 g/mol. The van der Waals surface area contributed by atoms with Crippen molar-refractivity contribution >= 4 is 45.4 Å². The van der Waals surface area contributed by atoms with Gasteiger partial charge in [-0.1, -0.05) is 58.0 Å². The number of benzene rings is 3. The summed E-state index contributed by atoms with van der Waals surface area (Å²) in [4.78, 5) is 13.1. The first-order valence-corrected chi connectivity index (χ1v) is 11.7. The number of rotatable bonds is 7. The molecule has 5 nitrogen and oxygen atoms in total. The van der Waals surface area contributed by atoms with Gasteiger partial charge in [0.2, 0.25) is 0 Å². The number of carbonyl (C=O) groups is 1. The van der Waals surface area contributed by atoms with Crippen molar-refractivity contribution in [1.29, 1.82) is 0 Å². The second-order valence-corrected chi connectivity index (χ2v) is 9.37. The summed E-state index contributed by atoms with van der Waals surface area (Å²) in [6.45, 7) is 2.52. The van der Waals surface area contributed by atoms with Gasteiger partial charge in [0.05, 0.1) is 17.7 Å². The Morgan fingerprint density at radius 1 is 1.09 bits per heavy atom. The monoisotopic (exact) mass is 510 g/mol. The maximum absolute atomic E-state index is 12.5. The number of nitrogens with one attached hydrogen (secondary N) is 2. The number of hydrogen-bond acceptors (Lipinski definition) is 5. The van der Waals surface area contributed by atoms with Crippen molar-refractivity contribution in [2.24, 2.45) is 0 Å². The first-order chi connectivity index (χ1) is 15.5. The normalized spacial score (nSPS) is 16.7. The quantitative estimate of drug-likeness (QED) is 0.385. The molecule has 0 spiro atoms. The maximum atomic E-state index is 12.5. The molecule has 1 atom stereocenters. The highest BCUT2D eigenvalue weighted by Crippen LogP contribution is 2.33. The van der Waals surface area contributed by atoms with E-state index in [-0.39, 0.29) is 11.4 Å². The smallest absolute Gasteiger partial charge is 0.260 e. The van der Waals surface area contributed by atoms with Gasteiger partial charge in [-0.25, -0.2) is 0 Å². The van der Waals surface area contributed by atoms with Gasteiger partial charge >= 0.3 is 0 Å². The van der Waals surface area contributed by atoms with Crippen LogP contribution in [0.15, 0.2) is 76.1 Å². The predicted octanol–water partition coefficient (Wildman–Crippen LogP) is 5.94. The average Bonchev–Trinajstić information content (AvgIpc) is 3.13. The van der Waals surface area contributed by atoms with E-state index in [1.54, 1.807) is 7.11 Å². The van der Waals surface area contributed by atoms with Gasteiger partial charge in [0, 0.05) is 4.47 Å². The zero-order chi connectivity index (χ0) is 22.5. The molecule has 1 saturated heterocycles. The van der Waals surface area contributed by atoms with Crippen LogP contribution >= 0.6 is 27.7 Å². The van der Waals surface area contributed by atoms with Crippen LogP contribution in [0.5, 0.6) is 11.5 Å². The standard InChI is InChI=1S/C25H23BrN2O3S/c1-16-3-12-22(30-2)21(13-16)27-25-28-24(29)23(32-25)14-17-6-10-20(11-7-17)31-15-18-4-8-19(26)9-5-18/h3-14,25,27H,15H2,1-2H3,(H,28,29)/b23-14-. The second kappa shape index (κ2) is 10.1. The zero-order valence-corrected chi connectivity index (χ0v) is 20.1. The molecule has 2 N–H and O–H groups in total. The maximum Gasteiger partial charge on any atom is 0.260 e. The minimum atomic E-state index is -0.266. The molecule has 1 heterocycles. The molecule has 0 aliphatic carbocycles. The molecular formula is C25H23BrN2O3S. The number of anilines is 1. The topological polar surface area (TPSA) is 59.6 Å². The molecule has 0 saturated carbocycles. The van der Waals surface area contributed by atoms with Gasteiger partial charge in [0.15, 0.2) is 5.50 Å². The van der Waals surface area contributed by atoms with Crippen molar-refractivity contribution < 1.29 is 14.3 Å². The molecule has 0 aromatic heterocycles. The molecule has 1 fully saturated rings. The van der Waals surface area contributed by atoms with E-state index >= 15 is 0 Å². The van der Waals surface area contributed by atoms with Crippen LogP contribution in [0.1, 0.15) is 16.7 Å². The molecule has 32 heavy (non-hydrogen) atoms. The summed E-state index contributed by atoms with van der Waals surface area (Å²) in [5.41, 5.74) is 3.73. The third-order valence-electron chi connectivity index (χ3n) is 4.87. The number of halogens is 1. The molecule has 3 aromatic rings. The first kappa shape index (κ1) is 22.3. The lowest BCUT2D eigenvalue weighted by atomic mass is 10.2. The van der Waals surface area contributed by atoms with Crippen LogP contribution in [-0.2, 0) is 11.4 Å².